The molecule has 1 saturated heterocycles. The number of hydrogen-bond acceptors (Lipinski definition) is 7. The number of nitrogens with one attached hydrogen (secondary N) is 2. The van der Waals surface area contributed by atoms with Crippen molar-refractivity contribution in [1.29, 1.82) is 0 Å². The van der Waals surface area contributed by atoms with Gasteiger partial charge in [-0.2, -0.15) is 0 Å². The molecule has 0 bridgehead atoms. The summed E-state index contributed by atoms with van der Waals surface area (Å²) in [4.78, 5) is 41.1. The average molecular weight is 484 g/mol. The standard InChI is InChI=1S/C25H33N5O5/c1-16(31)13-29(14-17(2)32)15-18-5-3-6-19(11-18)24(34)27-22-9-8-20(12-21(22)25(35)28-26)30-10-4-7-23(30)33/h3,5-6,8-9,11-12,16-17,31-32H,4,7,10,13-15,26H2,1-2H3,(H,27,34)(H,28,35). The van der Waals surface area contributed by atoms with Gasteiger partial charge in [0.1, 0.15) is 0 Å². The van der Waals surface area contributed by atoms with Gasteiger partial charge in [0, 0.05) is 43.9 Å². The molecule has 3 rings (SSSR count). The molecule has 2 unspecified atom stereocenters. The number of amides is 3. The van der Waals surface area contributed by atoms with Gasteiger partial charge in [-0.3, -0.25) is 24.7 Å². The van der Waals surface area contributed by atoms with Gasteiger partial charge >= 0.3 is 0 Å². The van der Waals surface area contributed by atoms with Crippen molar-refractivity contribution in [3.63, 3.8) is 0 Å². The molecule has 2 atom stereocenters. The summed E-state index contributed by atoms with van der Waals surface area (Å²) in [5, 5.41) is 22.3. The van der Waals surface area contributed by atoms with Crippen LogP contribution in [0.25, 0.3) is 0 Å². The summed E-state index contributed by atoms with van der Waals surface area (Å²) in [6.45, 7) is 5.13. The molecule has 1 aliphatic rings. The summed E-state index contributed by atoms with van der Waals surface area (Å²) < 4.78 is 0. The Balaban J connectivity index is 1.80. The zero-order chi connectivity index (χ0) is 25.5. The highest BCUT2D eigenvalue weighted by atomic mass is 16.3. The normalized spacial score (nSPS) is 15.3. The van der Waals surface area contributed by atoms with Gasteiger partial charge in [0.05, 0.1) is 23.5 Å². The van der Waals surface area contributed by atoms with Gasteiger partial charge in [-0.15, -0.1) is 0 Å². The van der Waals surface area contributed by atoms with E-state index >= 15 is 0 Å². The number of rotatable bonds is 10. The van der Waals surface area contributed by atoms with Crippen LogP contribution in [-0.2, 0) is 11.3 Å². The average Bonchev–Trinajstić information content (AvgIpc) is 3.23. The predicted octanol–water partition coefficient (Wildman–Crippen LogP) is 1.23. The smallest absolute Gasteiger partial charge is 0.267 e. The van der Waals surface area contributed by atoms with Crippen molar-refractivity contribution < 1.29 is 24.6 Å². The Hall–Kier alpha value is -3.31. The van der Waals surface area contributed by atoms with Crippen LogP contribution in [0.1, 0.15) is 53.0 Å². The van der Waals surface area contributed by atoms with E-state index < -0.39 is 24.0 Å². The Bertz CT molecular complexity index is 1060. The lowest BCUT2D eigenvalue weighted by Gasteiger charge is -2.25. The second kappa shape index (κ2) is 11.9. The van der Waals surface area contributed by atoms with E-state index in [9.17, 15) is 24.6 Å². The maximum atomic E-state index is 13.0. The molecular formula is C25H33N5O5. The third kappa shape index (κ3) is 7.09. The Morgan fingerprint density at radius 2 is 1.80 bits per heavy atom. The summed E-state index contributed by atoms with van der Waals surface area (Å²) >= 11 is 0. The number of nitrogens with zero attached hydrogens (tertiary/aromatic N) is 2. The molecule has 10 heteroatoms. The van der Waals surface area contributed by atoms with Gasteiger partial charge in [0.15, 0.2) is 0 Å². The Morgan fingerprint density at radius 1 is 1.09 bits per heavy atom. The van der Waals surface area contributed by atoms with Crippen LogP contribution in [0.2, 0.25) is 0 Å². The van der Waals surface area contributed by atoms with Crippen molar-refractivity contribution in [1.82, 2.24) is 10.3 Å². The number of anilines is 2. The van der Waals surface area contributed by atoms with E-state index in [0.29, 0.717) is 43.9 Å². The van der Waals surface area contributed by atoms with Crippen LogP contribution in [0.5, 0.6) is 0 Å². The van der Waals surface area contributed by atoms with Crippen molar-refractivity contribution in [2.45, 2.75) is 45.4 Å². The molecule has 6 N–H and O–H groups in total. The summed E-state index contributed by atoms with van der Waals surface area (Å²) in [5.74, 6) is 4.33. The van der Waals surface area contributed by atoms with E-state index in [0.717, 1.165) is 12.0 Å². The number of hydrazine groups is 1. The molecular weight excluding hydrogens is 450 g/mol. The summed E-state index contributed by atoms with van der Waals surface area (Å²) in [7, 11) is 0. The first-order chi connectivity index (χ1) is 16.7. The number of benzene rings is 2. The molecule has 188 valence electrons. The molecule has 1 fully saturated rings. The number of aliphatic hydroxyl groups excluding tert-OH is 2. The predicted molar refractivity (Wildman–Crippen MR) is 133 cm³/mol. The molecule has 35 heavy (non-hydrogen) atoms. The fraction of sp³-hybridized carbons (Fsp3) is 0.400. The minimum absolute atomic E-state index is 0.0158. The third-order valence-corrected chi connectivity index (χ3v) is 5.65. The minimum atomic E-state index is -0.588. The van der Waals surface area contributed by atoms with Crippen molar-refractivity contribution in [3.05, 3.63) is 59.2 Å². The Morgan fingerprint density at radius 3 is 2.40 bits per heavy atom. The van der Waals surface area contributed by atoms with E-state index in [1.54, 1.807) is 55.1 Å². The molecule has 3 amide bonds. The molecule has 0 radical (unpaired) electrons. The van der Waals surface area contributed by atoms with Crippen molar-refractivity contribution in [2.75, 3.05) is 29.9 Å². The zero-order valence-electron chi connectivity index (χ0n) is 20.0. The molecule has 1 aliphatic heterocycles. The fourth-order valence-electron chi connectivity index (χ4n) is 4.21. The lowest BCUT2D eigenvalue weighted by atomic mass is 10.1. The molecule has 10 nitrogen and oxygen atoms in total. The Kier molecular flexibility index (Phi) is 8.94. The number of aliphatic hydroxyl groups is 2. The number of carbonyl (C=O) groups is 3. The van der Waals surface area contributed by atoms with Crippen LogP contribution in [-0.4, -0.2) is 64.7 Å². The first kappa shape index (κ1) is 26.3. The monoisotopic (exact) mass is 483 g/mol. The summed E-state index contributed by atoms with van der Waals surface area (Å²) in [6, 6.07) is 11.8. The van der Waals surface area contributed by atoms with Crippen LogP contribution in [0, 0.1) is 0 Å². The van der Waals surface area contributed by atoms with Gasteiger partial charge in [0.25, 0.3) is 11.8 Å². The number of nitrogen functional groups attached to an aromatic ring is 1. The Labute approximate surface area is 204 Å². The van der Waals surface area contributed by atoms with E-state index in [1.807, 2.05) is 11.0 Å². The highest BCUT2D eigenvalue weighted by molar-refractivity contribution is 6.10. The highest BCUT2D eigenvalue weighted by Crippen LogP contribution is 2.27. The lowest BCUT2D eigenvalue weighted by molar-refractivity contribution is -0.117. The van der Waals surface area contributed by atoms with Crippen LogP contribution in [0.4, 0.5) is 11.4 Å². The molecule has 0 aliphatic carbocycles. The minimum Gasteiger partial charge on any atom is -0.392 e. The van der Waals surface area contributed by atoms with Gasteiger partial charge in [-0.25, -0.2) is 5.84 Å². The summed E-state index contributed by atoms with van der Waals surface area (Å²) in [5.41, 5.74) is 4.29. The van der Waals surface area contributed by atoms with Gasteiger partial charge in [0.2, 0.25) is 5.91 Å². The molecule has 0 aromatic heterocycles. The fourth-order valence-corrected chi connectivity index (χ4v) is 4.21. The molecule has 1 heterocycles. The van der Waals surface area contributed by atoms with Gasteiger partial charge in [-0.1, -0.05) is 12.1 Å². The van der Waals surface area contributed by atoms with Crippen LogP contribution in [0.3, 0.4) is 0 Å². The third-order valence-electron chi connectivity index (χ3n) is 5.65. The summed E-state index contributed by atoms with van der Waals surface area (Å²) in [6.07, 6.45) is 0.0779. The maximum Gasteiger partial charge on any atom is 0.267 e. The molecule has 2 aromatic rings. The van der Waals surface area contributed by atoms with Gasteiger partial charge in [-0.05, 0) is 56.2 Å². The zero-order valence-corrected chi connectivity index (χ0v) is 20.0. The second-order valence-electron chi connectivity index (χ2n) is 8.90. The van der Waals surface area contributed by atoms with Crippen LogP contribution in [0.15, 0.2) is 42.5 Å². The quantitative estimate of drug-likeness (QED) is 0.194. The van der Waals surface area contributed by atoms with Crippen molar-refractivity contribution in [2.24, 2.45) is 5.84 Å². The maximum absolute atomic E-state index is 13.0. The number of carbonyl (C=O) groups excluding carboxylic acids is 3. The number of hydrogen-bond donors (Lipinski definition) is 5. The number of nitrogens with two attached hydrogens (primary N) is 1. The van der Waals surface area contributed by atoms with E-state index in [-0.39, 0.29) is 17.2 Å². The second-order valence-corrected chi connectivity index (χ2v) is 8.90. The molecule has 0 spiro atoms. The van der Waals surface area contributed by atoms with E-state index in [4.69, 9.17) is 5.84 Å². The molecule has 2 aromatic carbocycles. The first-order valence-corrected chi connectivity index (χ1v) is 11.6. The van der Waals surface area contributed by atoms with Crippen LogP contribution < -0.4 is 21.5 Å². The van der Waals surface area contributed by atoms with E-state index in [2.05, 4.69) is 10.7 Å². The highest BCUT2D eigenvalue weighted by Gasteiger charge is 2.24. The lowest BCUT2D eigenvalue weighted by Crippen LogP contribution is -2.35. The van der Waals surface area contributed by atoms with Crippen molar-refractivity contribution in [3.8, 4) is 0 Å². The topological polar surface area (TPSA) is 148 Å². The SMILES string of the molecule is CC(O)CN(Cc1cccc(C(=O)Nc2ccc(N3CCCC3=O)cc2C(=O)NN)c1)CC(C)O. The largest absolute Gasteiger partial charge is 0.392 e. The first-order valence-electron chi connectivity index (χ1n) is 11.6. The van der Waals surface area contributed by atoms with Crippen LogP contribution >= 0.6 is 0 Å². The van der Waals surface area contributed by atoms with E-state index in [1.165, 1.54) is 0 Å². The molecule has 0 saturated carbocycles. The van der Waals surface area contributed by atoms with Gasteiger partial charge < -0.3 is 20.4 Å². The van der Waals surface area contributed by atoms with Crippen molar-refractivity contribution >= 4 is 29.1 Å².